The van der Waals surface area contributed by atoms with Crippen LogP contribution in [0.3, 0.4) is 0 Å². The highest BCUT2D eigenvalue weighted by molar-refractivity contribution is 7.89. The monoisotopic (exact) mass is 379 g/mol. The van der Waals surface area contributed by atoms with E-state index in [9.17, 15) is 13.2 Å². The molecular weight excluding hydrogens is 362 g/mol. The number of carbonyl (C=O) groups is 1. The highest BCUT2D eigenvalue weighted by atomic mass is 32.2. The molecule has 136 valence electrons. The number of hydrogen-bond donors (Lipinski definition) is 2. The fourth-order valence-electron chi connectivity index (χ4n) is 2.59. The zero-order valence-electron chi connectivity index (χ0n) is 14.3. The van der Waals surface area contributed by atoms with Crippen molar-refractivity contribution < 1.29 is 13.2 Å². The van der Waals surface area contributed by atoms with Gasteiger partial charge in [-0.1, -0.05) is 42.5 Å². The van der Waals surface area contributed by atoms with E-state index in [1.165, 1.54) is 6.07 Å². The van der Waals surface area contributed by atoms with Gasteiger partial charge in [0.1, 0.15) is 0 Å². The molecule has 0 saturated carbocycles. The van der Waals surface area contributed by atoms with Crippen LogP contribution in [0.5, 0.6) is 0 Å². The molecule has 0 fully saturated rings. The summed E-state index contributed by atoms with van der Waals surface area (Å²) in [6, 6.07) is 21.1. The Labute approximate surface area is 157 Å². The highest BCUT2D eigenvalue weighted by Gasteiger charge is 2.15. The number of hydrogen-bond acceptors (Lipinski definition) is 4. The fourth-order valence-corrected chi connectivity index (χ4v) is 3.61. The molecule has 1 amide bonds. The molecule has 0 aliphatic carbocycles. The smallest absolute Gasteiger partial charge is 0.241 e. The molecule has 6 nitrogen and oxygen atoms in total. The molecule has 0 aliphatic heterocycles. The normalized spacial score (nSPS) is 11.1. The van der Waals surface area contributed by atoms with E-state index >= 15 is 0 Å². The van der Waals surface area contributed by atoms with Gasteiger partial charge in [0, 0.05) is 6.54 Å². The number of amides is 1. The molecule has 0 aliphatic rings. The van der Waals surface area contributed by atoms with Crippen molar-refractivity contribution in [3.63, 3.8) is 0 Å². The average molecular weight is 379 g/mol. The van der Waals surface area contributed by atoms with Crippen molar-refractivity contribution in [1.29, 1.82) is 5.26 Å². The summed E-state index contributed by atoms with van der Waals surface area (Å²) in [5, 5.41) is 13.2. The number of carbonyl (C=O) groups excluding carboxylic acids is 1. The van der Waals surface area contributed by atoms with Crippen LogP contribution in [0.2, 0.25) is 0 Å². The lowest BCUT2D eigenvalue weighted by atomic mass is 10.1. The van der Waals surface area contributed by atoms with Crippen molar-refractivity contribution in [2.24, 2.45) is 0 Å². The van der Waals surface area contributed by atoms with Gasteiger partial charge >= 0.3 is 0 Å². The van der Waals surface area contributed by atoms with Crippen LogP contribution in [-0.2, 0) is 21.4 Å². The summed E-state index contributed by atoms with van der Waals surface area (Å²) in [5.74, 6) is -0.457. The first-order chi connectivity index (χ1) is 13.0. The summed E-state index contributed by atoms with van der Waals surface area (Å²) in [6.07, 6.45) is 0. The number of rotatable bonds is 6. The fraction of sp³-hybridized carbons (Fsp3) is 0.100. The van der Waals surface area contributed by atoms with Crippen molar-refractivity contribution >= 4 is 26.7 Å². The van der Waals surface area contributed by atoms with Crippen LogP contribution in [0.4, 0.5) is 0 Å². The van der Waals surface area contributed by atoms with E-state index in [4.69, 9.17) is 5.26 Å². The molecular formula is C20H17N3O3S. The Kier molecular flexibility index (Phi) is 5.50. The van der Waals surface area contributed by atoms with Gasteiger partial charge in [0.05, 0.1) is 23.1 Å². The van der Waals surface area contributed by atoms with Crippen LogP contribution in [0.15, 0.2) is 71.6 Å². The summed E-state index contributed by atoms with van der Waals surface area (Å²) in [5.41, 5.74) is 1.26. The molecule has 0 aromatic heterocycles. The summed E-state index contributed by atoms with van der Waals surface area (Å²) >= 11 is 0. The lowest BCUT2D eigenvalue weighted by molar-refractivity contribution is -0.120. The predicted molar refractivity (Wildman–Crippen MR) is 102 cm³/mol. The average Bonchev–Trinajstić information content (AvgIpc) is 2.70. The number of nitrogens with one attached hydrogen (secondary N) is 2. The Balaban J connectivity index is 1.60. The summed E-state index contributed by atoms with van der Waals surface area (Å²) in [7, 11) is -3.79. The maximum Gasteiger partial charge on any atom is 0.241 e. The van der Waals surface area contributed by atoms with E-state index in [0.717, 1.165) is 16.3 Å². The summed E-state index contributed by atoms with van der Waals surface area (Å²) in [6.45, 7) is -0.154. The molecule has 3 aromatic rings. The van der Waals surface area contributed by atoms with E-state index in [1.54, 1.807) is 36.4 Å². The Morgan fingerprint density at radius 2 is 1.74 bits per heavy atom. The molecule has 0 bridgehead atoms. The molecule has 0 heterocycles. The van der Waals surface area contributed by atoms with Crippen LogP contribution in [0.25, 0.3) is 10.8 Å². The van der Waals surface area contributed by atoms with Gasteiger partial charge in [-0.15, -0.1) is 0 Å². The van der Waals surface area contributed by atoms with Crippen LogP contribution in [0, 0.1) is 11.3 Å². The zero-order chi connectivity index (χ0) is 19.3. The molecule has 0 spiro atoms. The SMILES string of the molecule is N#Cc1cccc(CNC(=O)CNS(=O)(=O)c2ccc3ccccc3c2)c1. The van der Waals surface area contributed by atoms with Crippen LogP contribution >= 0.6 is 0 Å². The van der Waals surface area contributed by atoms with Crippen molar-refractivity contribution in [2.45, 2.75) is 11.4 Å². The topological polar surface area (TPSA) is 99.1 Å². The highest BCUT2D eigenvalue weighted by Crippen LogP contribution is 2.18. The maximum absolute atomic E-state index is 12.4. The Bertz CT molecular complexity index is 1130. The number of nitrogens with zero attached hydrogens (tertiary/aromatic N) is 1. The van der Waals surface area contributed by atoms with E-state index in [2.05, 4.69) is 10.0 Å². The number of sulfonamides is 1. The number of fused-ring (bicyclic) bond motifs is 1. The third-order valence-corrected chi connectivity index (χ3v) is 5.40. The largest absolute Gasteiger partial charge is 0.351 e. The third-order valence-electron chi connectivity index (χ3n) is 4.00. The predicted octanol–water partition coefficient (Wildman–Crippen LogP) is 2.31. The molecule has 27 heavy (non-hydrogen) atoms. The van der Waals surface area contributed by atoms with E-state index in [0.29, 0.717) is 5.56 Å². The van der Waals surface area contributed by atoms with Crippen molar-refractivity contribution in [1.82, 2.24) is 10.0 Å². The first kappa shape index (κ1) is 18.6. The second-order valence-corrected chi connectivity index (χ2v) is 7.69. The van der Waals surface area contributed by atoms with Crippen molar-refractivity contribution in [2.75, 3.05) is 6.54 Å². The number of benzene rings is 3. The van der Waals surface area contributed by atoms with Crippen LogP contribution in [-0.4, -0.2) is 20.9 Å². The van der Waals surface area contributed by atoms with Gasteiger partial charge in [-0.3, -0.25) is 4.79 Å². The van der Waals surface area contributed by atoms with Crippen molar-refractivity contribution in [3.05, 3.63) is 77.9 Å². The first-order valence-corrected chi connectivity index (χ1v) is 9.70. The van der Waals surface area contributed by atoms with Gasteiger partial charge in [-0.25, -0.2) is 13.1 Å². The summed E-state index contributed by atoms with van der Waals surface area (Å²) < 4.78 is 27.1. The Hall–Kier alpha value is -3.21. The lowest BCUT2D eigenvalue weighted by Gasteiger charge is -2.09. The molecule has 0 unspecified atom stereocenters. The van der Waals surface area contributed by atoms with Gasteiger partial charge in [-0.05, 0) is 40.6 Å². The van der Waals surface area contributed by atoms with Crippen molar-refractivity contribution in [3.8, 4) is 6.07 Å². The standard InChI is InChI=1S/C20H17N3O3S/c21-12-15-4-3-5-16(10-15)13-22-20(24)14-23-27(25,26)19-9-8-17-6-1-2-7-18(17)11-19/h1-11,23H,13-14H2,(H,22,24). The molecule has 7 heteroatoms. The first-order valence-electron chi connectivity index (χ1n) is 8.22. The quantitative estimate of drug-likeness (QED) is 0.686. The maximum atomic E-state index is 12.4. The van der Waals surface area contributed by atoms with Gasteiger partial charge < -0.3 is 5.32 Å². The second kappa shape index (κ2) is 7.99. The zero-order valence-corrected chi connectivity index (χ0v) is 15.2. The molecule has 3 aromatic carbocycles. The molecule has 0 saturated heterocycles. The van der Waals surface area contributed by atoms with Gasteiger partial charge in [0.2, 0.25) is 15.9 Å². The lowest BCUT2D eigenvalue weighted by Crippen LogP contribution is -2.36. The minimum Gasteiger partial charge on any atom is -0.351 e. The van der Waals surface area contributed by atoms with Crippen LogP contribution < -0.4 is 10.0 Å². The third kappa shape index (κ3) is 4.70. The molecule has 2 N–H and O–H groups in total. The minimum atomic E-state index is -3.79. The van der Waals surface area contributed by atoms with Gasteiger partial charge in [0.25, 0.3) is 0 Å². The van der Waals surface area contributed by atoms with Gasteiger partial charge in [-0.2, -0.15) is 5.26 Å². The minimum absolute atomic E-state index is 0.107. The number of nitriles is 1. The van der Waals surface area contributed by atoms with Gasteiger partial charge in [0.15, 0.2) is 0 Å². The molecule has 3 rings (SSSR count). The summed E-state index contributed by atoms with van der Waals surface area (Å²) in [4.78, 5) is 12.1. The van der Waals surface area contributed by atoms with E-state index < -0.39 is 15.9 Å². The molecule has 0 radical (unpaired) electrons. The Morgan fingerprint density at radius 3 is 2.52 bits per heavy atom. The van der Waals surface area contributed by atoms with E-state index in [1.807, 2.05) is 30.3 Å². The van der Waals surface area contributed by atoms with E-state index in [-0.39, 0.29) is 18.0 Å². The second-order valence-electron chi connectivity index (χ2n) is 5.92. The molecule has 0 atom stereocenters. The Morgan fingerprint density at radius 1 is 0.963 bits per heavy atom. The van der Waals surface area contributed by atoms with Crippen LogP contribution in [0.1, 0.15) is 11.1 Å².